The van der Waals surface area contributed by atoms with Crippen LogP contribution in [0.2, 0.25) is 0 Å². The summed E-state index contributed by atoms with van der Waals surface area (Å²) in [5.41, 5.74) is 0.573. The van der Waals surface area contributed by atoms with E-state index in [4.69, 9.17) is 4.74 Å². The number of anilines is 1. The molecule has 0 amide bonds. The van der Waals surface area contributed by atoms with Crippen molar-refractivity contribution >= 4 is 17.5 Å². The zero-order chi connectivity index (χ0) is 14.0. The van der Waals surface area contributed by atoms with Crippen LogP contribution in [0.5, 0.6) is 0 Å². The molecule has 0 spiro atoms. The summed E-state index contributed by atoms with van der Waals surface area (Å²) in [6.45, 7) is 2.91. The number of aromatic nitrogens is 1. The van der Waals surface area contributed by atoms with E-state index < -0.39 is 4.92 Å². The zero-order valence-corrected chi connectivity index (χ0v) is 10.8. The molecule has 19 heavy (non-hydrogen) atoms. The van der Waals surface area contributed by atoms with Crippen LogP contribution in [0.15, 0.2) is 12.3 Å². The molecule has 1 aromatic rings. The molecule has 1 saturated heterocycles. The van der Waals surface area contributed by atoms with E-state index in [2.05, 4.69) is 4.98 Å². The first-order valence-electron chi connectivity index (χ1n) is 5.96. The number of nitrogens with zero attached hydrogens (tertiary/aromatic N) is 3. The number of pyridine rings is 1. The first-order chi connectivity index (χ1) is 9.02. The fraction of sp³-hybridized carbons (Fsp3) is 0.500. The highest BCUT2D eigenvalue weighted by atomic mass is 16.6. The Balaban J connectivity index is 2.14. The molecule has 2 heterocycles. The molecule has 1 fully saturated rings. The van der Waals surface area contributed by atoms with Crippen LogP contribution in [0.1, 0.15) is 12.0 Å². The second kappa shape index (κ2) is 5.21. The molecule has 1 aliphatic rings. The Kier molecular flexibility index (Phi) is 3.64. The highest BCUT2D eigenvalue weighted by molar-refractivity contribution is 5.74. The van der Waals surface area contributed by atoms with Gasteiger partial charge in [-0.2, -0.15) is 0 Å². The van der Waals surface area contributed by atoms with Crippen molar-refractivity contribution in [1.29, 1.82) is 0 Å². The lowest BCUT2D eigenvalue weighted by molar-refractivity contribution is -0.385. The average Bonchev–Trinajstić information content (AvgIpc) is 2.86. The SMILES string of the molecule is COC(=O)C1CCN(c2cc(C)c([N+](=O)[O-])cn2)C1. The normalized spacial score (nSPS) is 18.4. The number of methoxy groups -OCH3 is 1. The predicted octanol–water partition coefficient (Wildman–Crippen LogP) is 1.30. The van der Waals surface area contributed by atoms with Crippen molar-refractivity contribution in [3.63, 3.8) is 0 Å². The molecule has 7 nitrogen and oxygen atoms in total. The third-order valence-electron chi connectivity index (χ3n) is 3.31. The molecule has 1 unspecified atom stereocenters. The van der Waals surface area contributed by atoms with E-state index in [9.17, 15) is 14.9 Å². The Hall–Kier alpha value is -2.18. The van der Waals surface area contributed by atoms with Crippen molar-refractivity contribution in [1.82, 2.24) is 4.98 Å². The Morgan fingerprint density at radius 3 is 2.95 bits per heavy atom. The number of hydrogen-bond donors (Lipinski definition) is 0. The van der Waals surface area contributed by atoms with Gasteiger partial charge in [-0.3, -0.25) is 14.9 Å². The number of esters is 1. The lowest BCUT2D eigenvalue weighted by atomic mass is 10.1. The van der Waals surface area contributed by atoms with Crippen molar-refractivity contribution in [3.8, 4) is 0 Å². The Bertz CT molecular complexity index is 518. The fourth-order valence-electron chi connectivity index (χ4n) is 2.23. The molecule has 1 aromatic heterocycles. The van der Waals surface area contributed by atoms with Gasteiger partial charge in [0.1, 0.15) is 12.0 Å². The van der Waals surface area contributed by atoms with E-state index >= 15 is 0 Å². The summed E-state index contributed by atoms with van der Waals surface area (Å²) in [6, 6.07) is 1.68. The monoisotopic (exact) mass is 265 g/mol. The van der Waals surface area contributed by atoms with E-state index in [-0.39, 0.29) is 17.6 Å². The van der Waals surface area contributed by atoms with Crippen LogP contribution >= 0.6 is 0 Å². The van der Waals surface area contributed by atoms with Crippen molar-refractivity contribution in [2.75, 3.05) is 25.1 Å². The van der Waals surface area contributed by atoms with Gasteiger partial charge in [0.15, 0.2) is 0 Å². The van der Waals surface area contributed by atoms with Crippen molar-refractivity contribution < 1.29 is 14.5 Å². The number of aryl methyl sites for hydroxylation is 1. The fourth-order valence-corrected chi connectivity index (χ4v) is 2.23. The lowest BCUT2D eigenvalue weighted by Crippen LogP contribution is -2.24. The quantitative estimate of drug-likeness (QED) is 0.465. The number of rotatable bonds is 3. The van der Waals surface area contributed by atoms with Gasteiger partial charge in [0.2, 0.25) is 0 Å². The summed E-state index contributed by atoms with van der Waals surface area (Å²) in [7, 11) is 1.37. The van der Waals surface area contributed by atoms with E-state index in [0.717, 1.165) is 0 Å². The van der Waals surface area contributed by atoms with Crippen LogP contribution in [0.4, 0.5) is 11.5 Å². The van der Waals surface area contributed by atoms with Gasteiger partial charge < -0.3 is 9.64 Å². The standard InChI is InChI=1S/C12H15N3O4/c1-8-5-11(13-6-10(8)15(17)18)14-4-3-9(7-14)12(16)19-2/h5-6,9H,3-4,7H2,1-2H3. The Labute approximate surface area is 110 Å². The molecule has 0 aliphatic carbocycles. The molecule has 0 radical (unpaired) electrons. The predicted molar refractivity (Wildman–Crippen MR) is 68.0 cm³/mol. The summed E-state index contributed by atoms with van der Waals surface area (Å²) >= 11 is 0. The smallest absolute Gasteiger partial charge is 0.310 e. The largest absolute Gasteiger partial charge is 0.469 e. The lowest BCUT2D eigenvalue weighted by Gasteiger charge is -2.17. The van der Waals surface area contributed by atoms with Gasteiger partial charge in [-0.05, 0) is 19.4 Å². The van der Waals surface area contributed by atoms with Crippen LogP contribution in [0, 0.1) is 23.0 Å². The topological polar surface area (TPSA) is 85.6 Å². The van der Waals surface area contributed by atoms with E-state index in [0.29, 0.717) is 30.9 Å². The van der Waals surface area contributed by atoms with Crippen molar-refractivity contribution in [2.45, 2.75) is 13.3 Å². The van der Waals surface area contributed by atoms with E-state index in [1.807, 2.05) is 4.90 Å². The van der Waals surface area contributed by atoms with E-state index in [1.54, 1.807) is 13.0 Å². The Morgan fingerprint density at radius 2 is 2.37 bits per heavy atom. The number of hydrogen-bond acceptors (Lipinski definition) is 6. The minimum absolute atomic E-state index is 0.00691. The van der Waals surface area contributed by atoms with Gasteiger partial charge in [-0.25, -0.2) is 4.98 Å². The summed E-state index contributed by atoms with van der Waals surface area (Å²) < 4.78 is 4.72. The second-order valence-electron chi connectivity index (χ2n) is 4.54. The molecular formula is C12H15N3O4. The van der Waals surface area contributed by atoms with Crippen molar-refractivity contribution in [2.24, 2.45) is 5.92 Å². The highest BCUT2D eigenvalue weighted by Gasteiger charge is 2.30. The molecule has 1 aliphatic heterocycles. The van der Waals surface area contributed by atoms with Crippen LogP contribution in [-0.4, -0.2) is 36.1 Å². The molecule has 2 rings (SSSR count). The second-order valence-corrected chi connectivity index (χ2v) is 4.54. The molecule has 7 heteroatoms. The number of nitro groups is 1. The summed E-state index contributed by atoms with van der Waals surface area (Å²) in [4.78, 5) is 27.8. The summed E-state index contributed by atoms with van der Waals surface area (Å²) in [6.07, 6.45) is 1.97. The molecular weight excluding hydrogens is 250 g/mol. The minimum Gasteiger partial charge on any atom is -0.469 e. The van der Waals surface area contributed by atoms with Gasteiger partial charge in [0.25, 0.3) is 5.69 Å². The van der Waals surface area contributed by atoms with Crippen molar-refractivity contribution in [3.05, 3.63) is 27.9 Å². The van der Waals surface area contributed by atoms with Crippen LogP contribution in [0.3, 0.4) is 0 Å². The minimum atomic E-state index is -0.451. The molecule has 0 aromatic carbocycles. The van der Waals surface area contributed by atoms with E-state index in [1.165, 1.54) is 13.3 Å². The maximum absolute atomic E-state index is 11.4. The highest BCUT2D eigenvalue weighted by Crippen LogP contribution is 2.26. The number of ether oxygens (including phenoxy) is 1. The number of carbonyl (C=O) groups excluding carboxylic acids is 1. The molecule has 102 valence electrons. The third-order valence-corrected chi connectivity index (χ3v) is 3.31. The maximum atomic E-state index is 11.4. The van der Waals surface area contributed by atoms with Gasteiger partial charge >= 0.3 is 5.97 Å². The van der Waals surface area contributed by atoms with Gasteiger partial charge in [0, 0.05) is 18.7 Å². The van der Waals surface area contributed by atoms with Crippen LogP contribution in [0.25, 0.3) is 0 Å². The van der Waals surface area contributed by atoms with Crippen LogP contribution in [-0.2, 0) is 9.53 Å². The summed E-state index contributed by atoms with van der Waals surface area (Å²) in [5.74, 6) is 0.290. The molecule has 1 atom stereocenters. The van der Waals surface area contributed by atoms with Gasteiger partial charge in [-0.1, -0.05) is 0 Å². The average molecular weight is 265 g/mol. The van der Waals surface area contributed by atoms with Gasteiger partial charge in [-0.15, -0.1) is 0 Å². The van der Waals surface area contributed by atoms with Gasteiger partial charge in [0.05, 0.1) is 18.0 Å². The number of carbonyl (C=O) groups is 1. The summed E-state index contributed by atoms with van der Waals surface area (Å²) in [5, 5.41) is 10.7. The zero-order valence-electron chi connectivity index (χ0n) is 10.8. The van der Waals surface area contributed by atoms with Crippen LogP contribution < -0.4 is 4.90 Å². The molecule has 0 N–H and O–H groups in total. The molecule has 0 bridgehead atoms. The molecule has 0 saturated carbocycles. The maximum Gasteiger partial charge on any atom is 0.310 e. The Morgan fingerprint density at radius 1 is 1.63 bits per heavy atom. The first kappa shape index (κ1) is 13.3. The first-order valence-corrected chi connectivity index (χ1v) is 5.96. The third kappa shape index (κ3) is 2.64.